The third kappa shape index (κ3) is 2.84. The largest absolute Gasteiger partial charge is 0.467 e. The molecule has 0 bridgehead atoms. The number of amides is 1. The first-order valence-electron chi connectivity index (χ1n) is 5.02. The zero-order valence-corrected chi connectivity index (χ0v) is 8.94. The predicted octanol–water partition coefficient (Wildman–Crippen LogP) is 1.93. The van der Waals surface area contributed by atoms with Gasteiger partial charge in [0.05, 0.1) is 12.8 Å². The van der Waals surface area contributed by atoms with E-state index in [1.807, 2.05) is 0 Å². The molecule has 0 radical (unpaired) electrons. The van der Waals surface area contributed by atoms with Gasteiger partial charge in [-0.1, -0.05) is 0 Å². The molecule has 0 saturated carbocycles. The second-order valence-electron chi connectivity index (χ2n) is 3.54. The molecule has 0 aliphatic rings. The van der Waals surface area contributed by atoms with Gasteiger partial charge in [-0.15, -0.1) is 0 Å². The van der Waals surface area contributed by atoms with E-state index in [2.05, 4.69) is 5.32 Å². The van der Waals surface area contributed by atoms with Gasteiger partial charge in [-0.05, 0) is 30.3 Å². The van der Waals surface area contributed by atoms with Crippen LogP contribution in [-0.4, -0.2) is 5.91 Å². The number of hydrogen-bond donors (Lipinski definition) is 2. The van der Waals surface area contributed by atoms with Gasteiger partial charge >= 0.3 is 0 Å². The summed E-state index contributed by atoms with van der Waals surface area (Å²) in [6.45, 7) is 0.252. The fourth-order valence-electron chi connectivity index (χ4n) is 1.43. The molecule has 5 heteroatoms. The molecule has 0 atom stereocenters. The smallest absolute Gasteiger partial charge is 0.251 e. The molecule has 1 amide bonds. The van der Waals surface area contributed by atoms with Gasteiger partial charge in [0.1, 0.15) is 11.6 Å². The molecule has 3 N–H and O–H groups in total. The Morgan fingerprint density at radius 3 is 2.88 bits per heavy atom. The summed E-state index contributed by atoms with van der Waals surface area (Å²) in [6.07, 6.45) is 1.52. The lowest BCUT2D eigenvalue weighted by Crippen LogP contribution is -2.22. The third-order valence-electron chi connectivity index (χ3n) is 2.19. The number of benzene rings is 1. The molecule has 88 valence electrons. The van der Waals surface area contributed by atoms with E-state index >= 15 is 0 Å². The SMILES string of the molecule is Nc1cc(F)cc(C(=O)NCc2ccco2)c1. The van der Waals surface area contributed by atoms with Gasteiger partial charge in [0.2, 0.25) is 0 Å². The van der Waals surface area contributed by atoms with Gasteiger partial charge in [-0.3, -0.25) is 4.79 Å². The van der Waals surface area contributed by atoms with E-state index < -0.39 is 11.7 Å². The summed E-state index contributed by atoms with van der Waals surface area (Å²) in [7, 11) is 0. The van der Waals surface area contributed by atoms with Crippen LogP contribution >= 0.6 is 0 Å². The monoisotopic (exact) mass is 234 g/mol. The van der Waals surface area contributed by atoms with Crippen molar-refractivity contribution in [2.45, 2.75) is 6.54 Å². The number of hydrogen-bond acceptors (Lipinski definition) is 3. The highest BCUT2D eigenvalue weighted by Crippen LogP contribution is 2.11. The van der Waals surface area contributed by atoms with Crippen LogP contribution in [0.5, 0.6) is 0 Å². The van der Waals surface area contributed by atoms with E-state index in [9.17, 15) is 9.18 Å². The van der Waals surface area contributed by atoms with E-state index in [0.29, 0.717) is 5.76 Å². The topological polar surface area (TPSA) is 68.3 Å². The minimum absolute atomic E-state index is 0.189. The maximum absolute atomic E-state index is 13.0. The van der Waals surface area contributed by atoms with Crippen LogP contribution < -0.4 is 11.1 Å². The van der Waals surface area contributed by atoms with Gasteiger partial charge in [-0.2, -0.15) is 0 Å². The maximum Gasteiger partial charge on any atom is 0.251 e. The summed E-state index contributed by atoms with van der Waals surface area (Å²) in [5, 5.41) is 2.60. The Labute approximate surface area is 97.2 Å². The number of carbonyl (C=O) groups is 1. The Kier molecular flexibility index (Phi) is 3.09. The second-order valence-corrected chi connectivity index (χ2v) is 3.54. The van der Waals surface area contributed by atoms with E-state index in [4.69, 9.17) is 10.2 Å². The van der Waals surface area contributed by atoms with Gasteiger partial charge in [0.15, 0.2) is 0 Å². The van der Waals surface area contributed by atoms with Crippen molar-refractivity contribution in [3.8, 4) is 0 Å². The average molecular weight is 234 g/mol. The van der Waals surface area contributed by atoms with Crippen molar-refractivity contribution >= 4 is 11.6 Å². The standard InChI is InChI=1S/C12H11FN2O2/c13-9-4-8(5-10(14)6-9)12(16)15-7-11-2-1-3-17-11/h1-6H,7,14H2,(H,15,16). The second kappa shape index (κ2) is 4.69. The summed E-state index contributed by atoms with van der Waals surface area (Å²) >= 11 is 0. The lowest BCUT2D eigenvalue weighted by Gasteiger charge is -2.04. The molecule has 0 aliphatic carbocycles. The number of anilines is 1. The average Bonchev–Trinajstić information content (AvgIpc) is 2.77. The van der Waals surface area contributed by atoms with E-state index in [-0.39, 0.29) is 17.8 Å². The molecule has 0 aliphatic heterocycles. The molecule has 0 spiro atoms. The molecule has 17 heavy (non-hydrogen) atoms. The molecule has 0 fully saturated rings. The molecule has 4 nitrogen and oxygen atoms in total. The Morgan fingerprint density at radius 1 is 1.41 bits per heavy atom. The molecule has 1 aromatic carbocycles. The molecule has 0 unspecified atom stereocenters. The van der Waals surface area contributed by atoms with E-state index in [0.717, 1.165) is 12.1 Å². The minimum atomic E-state index is -0.534. The fourth-order valence-corrected chi connectivity index (χ4v) is 1.43. The van der Waals surface area contributed by atoms with Crippen molar-refractivity contribution < 1.29 is 13.6 Å². The van der Waals surface area contributed by atoms with Crippen LogP contribution in [0, 0.1) is 5.82 Å². The number of furan rings is 1. The molecular formula is C12H11FN2O2. The van der Waals surface area contributed by atoms with Crippen LogP contribution in [0.2, 0.25) is 0 Å². The molecule has 2 rings (SSSR count). The van der Waals surface area contributed by atoms with Crippen LogP contribution in [0.4, 0.5) is 10.1 Å². The van der Waals surface area contributed by atoms with Crippen LogP contribution in [0.1, 0.15) is 16.1 Å². The molecule has 2 aromatic rings. The van der Waals surface area contributed by atoms with Crippen molar-refractivity contribution in [3.05, 3.63) is 53.7 Å². The predicted molar refractivity (Wildman–Crippen MR) is 60.7 cm³/mol. The van der Waals surface area contributed by atoms with Crippen LogP contribution in [-0.2, 0) is 6.54 Å². The number of nitrogens with one attached hydrogen (secondary N) is 1. The summed E-state index contributed by atoms with van der Waals surface area (Å²) in [5.74, 6) is -0.302. The summed E-state index contributed by atoms with van der Waals surface area (Å²) in [6, 6.07) is 7.17. The maximum atomic E-state index is 13.0. The Balaban J connectivity index is 2.04. The minimum Gasteiger partial charge on any atom is -0.467 e. The number of carbonyl (C=O) groups excluding carboxylic acids is 1. The zero-order valence-electron chi connectivity index (χ0n) is 8.94. The first-order chi connectivity index (χ1) is 8.15. The van der Waals surface area contributed by atoms with Gasteiger partial charge in [-0.25, -0.2) is 4.39 Å². The van der Waals surface area contributed by atoms with Gasteiger partial charge < -0.3 is 15.5 Å². The lowest BCUT2D eigenvalue weighted by molar-refractivity contribution is 0.0947. The van der Waals surface area contributed by atoms with E-state index in [1.165, 1.54) is 12.3 Å². The molecular weight excluding hydrogens is 223 g/mol. The lowest BCUT2D eigenvalue weighted by atomic mass is 10.2. The number of halogens is 1. The highest BCUT2D eigenvalue weighted by molar-refractivity contribution is 5.94. The van der Waals surface area contributed by atoms with Crippen LogP contribution in [0.15, 0.2) is 41.0 Å². The number of nitrogens with two attached hydrogens (primary N) is 1. The van der Waals surface area contributed by atoms with Crippen molar-refractivity contribution in [1.29, 1.82) is 0 Å². The third-order valence-corrected chi connectivity index (χ3v) is 2.19. The zero-order chi connectivity index (χ0) is 12.3. The Morgan fingerprint density at radius 2 is 2.24 bits per heavy atom. The summed E-state index contributed by atoms with van der Waals surface area (Å²) < 4.78 is 18.1. The molecule has 1 aromatic heterocycles. The number of rotatable bonds is 3. The normalized spacial score (nSPS) is 10.2. The van der Waals surface area contributed by atoms with Crippen molar-refractivity contribution in [1.82, 2.24) is 5.32 Å². The van der Waals surface area contributed by atoms with Crippen molar-refractivity contribution in [2.75, 3.05) is 5.73 Å². The van der Waals surface area contributed by atoms with Crippen LogP contribution in [0.25, 0.3) is 0 Å². The van der Waals surface area contributed by atoms with Crippen LogP contribution in [0.3, 0.4) is 0 Å². The first-order valence-corrected chi connectivity index (χ1v) is 5.02. The van der Waals surface area contributed by atoms with Crippen molar-refractivity contribution in [2.24, 2.45) is 0 Å². The number of nitrogen functional groups attached to an aromatic ring is 1. The molecule has 0 saturated heterocycles. The molecule has 1 heterocycles. The highest BCUT2D eigenvalue weighted by atomic mass is 19.1. The Bertz CT molecular complexity index is 503. The summed E-state index contributed by atoms with van der Waals surface area (Å²) in [5.41, 5.74) is 5.85. The van der Waals surface area contributed by atoms with Gasteiger partial charge in [0, 0.05) is 11.3 Å². The fraction of sp³-hybridized carbons (Fsp3) is 0.0833. The van der Waals surface area contributed by atoms with E-state index in [1.54, 1.807) is 12.1 Å². The Hall–Kier alpha value is -2.30. The van der Waals surface area contributed by atoms with Crippen molar-refractivity contribution in [3.63, 3.8) is 0 Å². The summed E-state index contributed by atoms with van der Waals surface area (Å²) in [4.78, 5) is 11.7. The highest BCUT2D eigenvalue weighted by Gasteiger charge is 2.08. The quantitative estimate of drug-likeness (QED) is 0.797. The van der Waals surface area contributed by atoms with Gasteiger partial charge in [0.25, 0.3) is 5.91 Å². The first kappa shape index (κ1) is 11.2.